The van der Waals surface area contributed by atoms with Crippen molar-refractivity contribution in [1.82, 2.24) is 15.0 Å². The van der Waals surface area contributed by atoms with Crippen LogP contribution in [0.15, 0.2) is 55.0 Å². The van der Waals surface area contributed by atoms with E-state index < -0.39 is 5.97 Å². The molecule has 0 aliphatic heterocycles. The number of carbonyl (C=O) groups excluding carboxylic acids is 1. The Bertz CT molecular complexity index is 905. The maximum absolute atomic E-state index is 11.7. The van der Waals surface area contributed by atoms with Crippen LogP contribution in [0.3, 0.4) is 0 Å². The molecule has 8 heteroatoms. The molecule has 2 heterocycles. The summed E-state index contributed by atoms with van der Waals surface area (Å²) in [5, 5.41) is 6.72. The fourth-order valence-corrected chi connectivity index (χ4v) is 2.37. The van der Waals surface area contributed by atoms with Crippen molar-refractivity contribution in [2.24, 2.45) is 0 Å². The molecule has 2 aromatic heterocycles. The number of rotatable bonds is 6. The van der Waals surface area contributed by atoms with Crippen LogP contribution in [0.1, 0.15) is 16.1 Å². The van der Waals surface area contributed by atoms with Crippen molar-refractivity contribution in [3.63, 3.8) is 0 Å². The van der Waals surface area contributed by atoms with Crippen molar-refractivity contribution < 1.29 is 9.53 Å². The van der Waals surface area contributed by atoms with Crippen LogP contribution in [-0.2, 0) is 11.3 Å². The quantitative estimate of drug-likeness (QED) is 0.641. The second-order valence-electron chi connectivity index (χ2n) is 5.27. The van der Waals surface area contributed by atoms with Gasteiger partial charge >= 0.3 is 5.97 Å². The Kier molecular flexibility index (Phi) is 5.60. The number of nitrogens with zero attached hydrogens (tertiary/aromatic N) is 3. The lowest BCUT2D eigenvalue weighted by atomic mass is 10.2. The predicted octanol–water partition coefficient (Wildman–Crippen LogP) is 3.67. The zero-order valence-corrected chi connectivity index (χ0v) is 14.7. The average Bonchev–Trinajstić information content (AvgIpc) is 2.68. The Hall–Kier alpha value is -3.19. The van der Waals surface area contributed by atoms with Gasteiger partial charge in [-0.1, -0.05) is 17.7 Å². The van der Waals surface area contributed by atoms with Gasteiger partial charge in [0.2, 0.25) is 0 Å². The van der Waals surface area contributed by atoms with E-state index in [4.69, 9.17) is 16.3 Å². The molecule has 3 aromatic rings. The summed E-state index contributed by atoms with van der Waals surface area (Å²) in [7, 11) is 1.33. The van der Waals surface area contributed by atoms with Crippen molar-refractivity contribution in [2.75, 3.05) is 17.7 Å². The van der Waals surface area contributed by atoms with Gasteiger partial charge in [0.1, 0.15) is 18.0 Å². The van der Waals surface area contributed by atoms with Crippen LogP contribution in [-0.4, -0.2) is 28.0 Å². The molecule has 26 heavy (non-hydrogen) atoms. The third-order valence-corrected chi connectivity index (χ3v) is 3.82. The number of hydrogen-bond acceptors (Lipinski definition) is 7. The van der Waals surface area contributed by atoms with Crippen LogP contribution in [0.25, 0.3) is 0 Å². The van der Waals surface area contributed by atoms with E-state index in [0.717, 1.165) is 5.69 Å². The summed E-state index contributed by atoms with van der Waals surface area (Å²) < 4.78 is 4.72. The highest BCUT2D eigenvalue weighted by molar-refractivity contribution is 6.33. The number of nitrogens with one attached hydrogen (secondary N) is 2. The molecule has 0 fully saturated rings. The normalized spacial score (nSPS) is 10.2. The Morgan fingerprint density at radius 3 is 2.73 bits per heavy atom. The van der Waals surface area contributed by atoms with Crippen LogP contribution >= 0.6 is 11.6 Å². The maximum Gasteiger partial charge on any atom is 0.337 e. The molecular weight excluding hydrogens is 354 g/mol. The fourth-order valence-electron chi connectivity index (χ4n) is 2.21. The molecule has 0 saturated carbocycles. The number of pyridine rings is 1. The third-order valence-electron chi connectivity index (χ3n) is 3.49. The molecule has 7 nitrogen and oxygen atoms in total. The SMILES string of the molecule is COC(=O)c1ccc(Cl)c(Nc2cc(NCc3ccccn3)ncn2)c1. The van der Waals surface area contributed by atoms with E-state index in [9.17, 15) is 4.79 Å². The van der Waals surface area contributed by atoms with Crippen molar-refractivity contribution in [2.45, 2.75) is 6.54 Å². The second-order valence-corrected chi connectivity index (χ2v) is 5.68. The number of ether oxygens (including phenoxy) is 1. The number of methoxy groups -OCH3 is 1. The van der Waals surface area contributed by atoms with E-state index in [1.165, 1.54) is 13.4 Å². The molecule has 0 amide bonds. The molecule has 132 valence electrons. The van der Waals surface area contributed by atoms with Crippen LogP contribution in [0.4, 0.5) is 17.3 Å². The first-order valence-electron chi connectivity index (χ1n) is 7.76. The summed E-state index contributed by atoms with van der Waals surface area (Å²) in [6, 6.07) is 12.3. The number of halogens is 1. The van der Waals surface area contributed by atoms with E-state index >= 15 is 0 Å². The maximum atomic E-state index is 11.7. The second kappa shape index (κ2) is 8.26. The average molecular weight is 370 g/mol. The summed E-state index contributed by atoms with van der Waals surface area (Å²) in [5.41, 5.74) is 1.83. The highest BCUT2D eigenvalue weighted by atomic mass is 35.5. The monoisotopic (exact) mass is 369 g/mol. The lowest BCUT2D eigenvalue weighted by Crippen LogP contribution is -2.05. The lowest BCUT2D eigenvalue weighted by Gasteiger charge is -2.11. The first-order valence-corrected chi connectivity index (χ1v) is 8.14. The summed E-state index contributed by atoms with van der Waals surface area (Å²) in [5.74, 6) is 0.728. The van der Waals surface area contributed by atoms with Gasteiger partial charge in [-0.2, -0.15) is 0 Å². The van der Waals surface area contributed by atoms with Crippen molar-refractivity contribution in [1.29, 1.82) is 0 Å². The van der Waals surface area contributed by atoms with Crippen molar-refractivity contribution in [3.8, 4) is 0 Å². The third kappa shape index (κ3) is 4.46. The largest absolute Gasteiger partial charge is 0.465 e. The summed E-state index contributed by atoms with van der Waals surface area (Å²) in [6.45, 7) is 0.538. The van der Waals surface area contributed by atoms with Crippen LogP contribution in [0, 0.1) is 0 Å². The fraction of sp³-hybridized carbons (Fsp3) is 0.111. The van der Waals surface area contributed by atoms with Gasteiger partial charge in [0.05, 0.1) is 35.6 Å². The van der Waals surface area contributed by atoms with E-state index in [1.54, 1.807) is 30.5 Å². The standard InChI is InChI=1S/C18H16ClN5O2/c1-26-18(25)12-5-6-14(19)15(8-12)24-17-9-16(22-11-23-17)21-10-13-4-2-3-7-20-13/h2-9,11H,10H2,1H3,(H2,21,22,23,24). The lowest BCUT2D eigenvalue weighted by molar-refractivity contribution is 0.0601. The molecule has 0 saturated heterocycles. The van der Waals surface area contributed by atoms with Crippen molar-refractivity contribution in [3.05, 3.63) is 71.3 Å². The first-order chi connectivity index (χ1) is 12.7. The Morgan fingerprint density at radius 1 is 1.12 bits per heavy atom. The molecule has 0 unspecified atom stereocenters. The van der Waals surface area contributed by atoms with Crippen LogP contribution < -0.4 is 10.6 Å². The van der Waals surface area contributed by atoms with E-state index in [0.29, 0.717) is 34.5 Å². The number of aromatic nitrogens is 3. The molecule has 1 aromatic carbocycles. The smallest absolute Gasteiger partial charge is 0.337 e. The first kappa shape index (κ1) is 17.6. The zero-order valence-electron chi connectivity index (χ0n) is 13.9. The van der Waals surface area contributed by atoms with Gasteiger partial charge in [0, 0.05) is 12.3 Å². The Balaban J connectivity index is 1.73. The zero-order chi connectivity index (χ0) is 18.4. The van der Waals surface area contributed by atoms with Gasteiger partial charge in [-0.3, -0.25) is 4.98 Å². The molecule has 0 spiro atoms. The number of esters is 1. The minimum Gasteiger partial charge on any atom is -0.465 e. The highest BCUT2D eigenvalue weighted by Gasteiger charge is 2.10. The molecule has 0 aliphatic carbocycles. The number of hydrogen-bond donors (Lipinski definition) is 2. The number of benzene rings is 1. The predicted molar refractivity (Wildman–Crippen MR) is 99.7 cm³/mol. The molecule has 3 rings (SSSR count). The Morgan fingerprint density at radius 2 is 1.96 bits per heavy atom. The summed E-state index contributed by atoms with van der Waals surface area (Å²) in [6.07, 6.45) is 3.17. The molecular formula is C18H16ClN5O2. The van der Waals surface area contributed by atoms with E-state index in [2.05, 4.69) is 25.6 Å². The summed E-state index contributed by atoms with van der Waals surface area (Å²) >= 11 is 6.19. The number of carbonyl (C=O) groups is 1. The molecule has 0 aliphatic rings. The van der Waals surface area contributed by atoms with E-state index in [-0.39, 0.29) is 0 Å². The molecule has 0 radical (unpaired) electrons. The van der Waals surface area contributed by atoms with Gasteiger partial charge in [-0.15, -0.1) is 0 Å². The van der Waals surface area contributed by atoms with E-state index in [1.807, 2.05) is 18.2 Å². The van der Waals surface area contributed by atoms with Gasteiger partial charge < -0.3 is 15.4 Å². The van der Waals surface area contributed by atoms with Gasteiger partial charge in [0.25, 0.3) is 0 Å². The van der Waals surface area contributed by atoms with Gasteiger partial charge in [0.15, 0.2) is 0 Å². The van der Waals surface area contributed by atoms with Crippen molar-refractivity contribution >= 4 is 34.9 Å². The topological polar surface area (TPSA) is 89.0 Å². The van der Waals surface area contributed by atoms with Gasteiger partial charge in [-0.05, 0) is 30.3 Å². The molecule has 0 atom stereocenters. The summed E-state index contributed by atoms with van der Waals surface area (Å²) in [4.78, 5) is 24.3. The number of anilines is 3. The van der Waals surface area contributed by atoms with Crippen LogP contribution in [0.5, 0.6) is 0 Å². The van der Waals surface area contributed by atoms with Gasteiger partial charge in [-0.25, -0.2) is 14.8 Å². The highest BCUT2D eigenvalue weighted by Crippen LogP contribution is 2.26. The van der Waals surface area contributed by atoms with Crippen LogP contribution in [0.2, 0.25) is 5.02 Å². The minimum absolute atomic E-state index is 0.391. The molecule has 2 N–H and O–H groups in total. The minimum atomic E-state index is -0.440. The molecule has 0 bridgehead atoms. The Labute approximate surface area is 155 Å².